The second-order valence-electron chi connectivity index (χ2n) is 11.5. The molecule has 46 heavy (non-hydrogen) atoms. The molecular formula is C42H26N2S2. The Kier molecular flexibility index (Phi) is 6.55. The van der Waals surface area contributed by atoms with Crippen LogP contribution in [-0.4, -0.2) is 9.97 Å². The smallest absolute Gasteiger partial charge is 0.123 e. The highest BCUT2D eigenvalue weighted by Crippen LogP contribution is 2.41. The predicted molar refractivity (Wildman–Crippen MR) is 197 cm³/mol. The first-order chi connectivity index (χ1) is 22.8. The van der Waals surface area contributed by atoms with E-state index in [9.17, 15) is 0 Å². The maximum Gasteiger partial charge on any atom is 0.123 e. The van der Waals surface area contributed by atoms with Crippen molar-refractivity contribution in [2.75, 3.05) is 0 Å². The maximum atomic E-state index is 4.48. The van der Waals surface area contributed by atoms with Crippen LogP contribution >= 0.6 is 22.7 Å². The molecule has 0 spiro atoms. The van der Waals surface area contributed by atoms with Crippen LogP contribution < -0.4 is 0 Å². The molecule has 0 unspecified atom stereocenters. The normalized spacial score (nSPS) is 11.5. The van der Waals surface area contributed by atoms with E-state index in [0.717, 1.165) is 21.1 Å². The Balaban J connectivity index is 1.22. The highest BCUT2D eigenvalue weighted by Gasteiger charge is 2.13. The predicted octanol–water partition coefficient (Wildman–Crippen LogP) is 12.4. The molecule has 2 nitrogen and oxygen atoms in total. The molecule has 0 radical (unpaired) electrons. The van der Waals surface area contributed by atoms with Crippen molar-refractivity contribution in [2.24, 2.45) is 0 Å². The van der Waals surface area contributed by atoms with E-state index in [1.165, 1.54) is 65.7 Å². The van der Waals surface area contributed by atoms with Crippen LogP contribution in [0.1, 0.15) is 0 Å². The van der Waals surface area contributed by atoms with E-state index >= 15 is 0 Å². The van der Waals surface area contributed by atoms with Crippen LogP contribution in [0.5, 0.6) is 0 Å². The number of rotatable bonds is 5. The zero-order valence-corrected chi connectivity index (χ0v) is 26.4. The SMILES string of the molecule is c1ccc(-c2ccc3c4cc(-c5ccc(-c6nccs6)cc5)ccc4c4ccc(-c5ccc(-c6nccs6)cc5)cc4c3c2)cc1. The Morgan fingerprint density at radius 2 is 0.652 bits per heavy atom. The Hall–Kier alpha value is -5.42. The molecule has 0 amide bonds. The van der Waals surface area contributed by atoms with E-state index < -0.39 is 0 Å². The number of benzene rings is 7. The first-order valence-corrected chi connectivity index (χ1v) is 17.0. The van der Waals surface area contributed by atoms with E-state index in [0.29, 0.717) is 0 Å². The van der Waals surface area contributed by atoms with Crippen LogP contribution in [0, 0.1) is 0 Å². The van der Waals surface area contributed by atoms with Gasteiger partial charge < -0.3 is 0 Å². The van der Waals surface area contributed by atoms with Crippen LogP contribution in [0.4, 0.5) is 0 Å². The van der Waals surface area contributed by atoms with Crippen molar-refractivity contribution in [1.82, 2.24) is 9.97 Å². The van der Waals surface area contributed by atoms with Gasteiger partial charge in [-0.3, -0.25) is 0 Å². The van der Waals surface area contributed by atoms with Gasteiger partial charge >= 0.3 is 0 Å². The quantitative estimate of drug-likeness (QED) is 0.178. The van der Waals surface area contributed by atoms with Crippen LogP contribution in [0.15, 0.2) is 157 Å². The fourth-order valence-corrected chi connectivity index (χ4v) is 7.81. The van der Waals surface area contributed by atoms with E-state index in [2.05, 4.69) is 143 Å². The standard InChI is InChI=1S/C42H26N2S2/c1-2-4-27(5-3-1)32-16-19-37-38-24-33(28-6-10-30(11-7-28)41-43-20-22-45-41)14-17-35(38)36-18-15-34(26-39(36)40(37)25-32)29-8-12-31(13-9-29)42-44-21-23-46-42/h1-26H. The lowest BCUT2D eigenvalue weighted by Crippen LogP contribution is -1.88. The minimum atomic E-state index is 1.05. The largest absolute Gasteiger partial charge is 0.245 e. The molecule has 0 atom stereocenters. The lowest BCUT2D eigenvalue weighted by molar-refractivity contribution is 1.41. The van der Waals surface area contributed by atoms with Gasteiger partial charge in [-0.2, -0.15) is 0 Å². The third-order valence-corrected chi connectivity index (χ3v) is 10.5. The Bertz CT molecular complexity index is 2480. The van der Waals surface area contributed by atoms with E-state index in [-0.39, 0.29) is 0 Å². The summed E-state index contributed by atoms with van der Waals surface area (Å²) in [4.78, 5) is 8.96. The molecule has 216 valence electrons. The van der Waals surface area contributed by atoms with Gasteiger partial charge in [0.05, 0.1) is 0 Å². The number of hydrogen-bond donors (Lipinski definition) is 0. The van der Waals surface area contributed by atoms with Gasteiger partial charge in [-0.05, 0) is 83.9 Å². The highest BCUT2D eigenvalue weighted by molar-refractivity contribution is 7.13. The molecule has 0 saturated heterocycles. The van der Waals surface area contributed by atoms with Gasteiger partial charge in [0.25, 0.3) is 0 Å². The molecule has 2 heterocycles. The molecule has 0 aliphatic carbocycles. The van der Waals surface area contributed by atoms with Gasteiger partial charge in [-0.1, -0.05) is 115 Å². The molecule has 0 N–H and O–H groups in total. The molecule has 0 fully saturated rings. The molecule has 0 aliphatic rings. The molecule has 4 heteroatoms. The Morgan fingerprint density at radius 1 is 0.304 bits per heavy atom. The molecule has 2 aromatic heterocycles. The fraction of sp³-hybridized carbons (Fsp3) is 0. The number of aromatic nitrogens is 2. The van der Waals surface area contributed by atoms with Gasteiger partial charge in [-0.15, -0.1) is 22.7 Å². The average molecular weight is 623 g/mol. The Morgan fingerprint density at radius 3 is 1.07 bits per heavy atom. The summed E-state index contributed by atoms with van der Waals surface area (Å²) in [6.07, 6.45) is 3.72. The summed E-state index contributed by atoms with van der Waals surface area (Å²) in [5.41, 5.74) is 9.57. The summed E-state index contributed by atoms with van der Waals surface area (Å²) in [6.45, 7) is 0. The van der Waals surface area contributed by atoms with E-state index in [1.807, 2.05) is 23.2 Å². The lowest BCUT2D eigenvalue weighted by atomic mass is 9.89. The molecule has 0 aliphatic heterocycles. The molecule has 0 saturated carbocycles. The van der Waals surface area contributed by atoms with Gasteiger partial charge in [0.2, 0.25) is 0 Å². The third kappa shape index (κ3) is 4.71. The molecule has 9 rings (SSSR count). The van der Waals surface area contributed by atoms with Gasteiger partial charge in [-0.25, -0.2) is 9.97 Å². The van der Waals surface area contributed by atoms with Crippen molar-refractivity contribution < 1.29 is 0 Å². The summed E-state index contributed by atoms with van der Waals surface area (Å²) in [5, 5.41) is 13.7. The molecule has 9 aromatic rings. The summed E-state index contributed by atoms with van der Waals surface area (Å²) in [7, 11) is 0. The molecular weight excluding hydrogens is 597 g/mol. The monoisotopic (exact) mass is 622 g/mol. The average Bonchev–Trinajstić information content (AvgIpc) is 3.88. The van der Waals surface area contributed by atoms with Gasteiger partial charge in [0.15, 0.2) is 0 Å². The zero-order chi connectivity index (χ0) is 30.5. The summed E-state index contributed by atoms with van der Waals surface area (Å²) in [5.74, 6) is 0. The second kappa shape index (κ2) is 11.2. The van der Waals surface area contributed by atoms with E-state index in [1.54, 1.807) is 22.7 Å². The van der Waals surface area contributed by atoms with Crippen molar-refractivity contribution in [1.29, 1.82) is 0 Å². The van der Waals surface area contributed by atoms with Gasteiger partial charge in [0.1, 0.15) is 10.0 Å². The number of hydrogen-bond acceptors (Lipinski definition) is 4. The number of nitrogens with zero attached hydrogens (tertiary/aromatic N) is 2. The van der Waals surface area contributed by atoms with Crippen LogP contribution in [0.3, 0.4) is 0 Å². The number of thiazole rings is 2. The molecule has 0 bridgehead atoms. The zero-order valence-electron chi connectivity index (χ0n) is 24.7. The summed E-state index contributed by atoms with van der Waals surface area (Å²) >= 11 is 3.34. The highest BCUT2D eigenvalue weighted by atomic mass is 32.1. The fourth-order valence-electron chi connectivity index (χ4n) is 6.52. The third-order valence-electron chi connectivity index (χ3n) is 8.83. The van der Waals surface area contributed by atoms with Crippen molar-refractivity contribution in [3.05, 3.63) is 157 Å². The van der Waals surface area contributed by atoms with Crippen LogP contribution in [-0.2, 0) is 0 Å². The topological polar surface area (TPSA) is 25.8 Å². The van der Waals surface area contributed by atoms with Crippen molar-refractivity contribution in [3.8, 4) is 54.5 Å². The second-order valence-corrected chi connectivity index (χ2v) is 13.3. The lowest BCUT2D eigenvalue weighted by Gasteiger charge is -2.15. The number of fused-ring (bicyclic) bond motifs is 6. The maximum absolute atomic E-state index is 4.48. The Labute approximate surface area is 274 Å². The summed E-state index contributed by atoms with van der Waals surface area (Å²) < 4.78 is 0. The molecule has 7 aromatic carbocycles. The summed E-state index contributed by atoms with van der Waals surface area (Å²) in [6, 6.07) is 49.0. The van der Waals surface area contributed by atoms with Crippen molar-refractivity contribution in [2.45, 2.75) is 0 Å². The first-order valence-electron chi connectivity index (χ1n) is 15.3. The first kappa shape index (κ1) is 26.9. The minimum Gasteiger partial charge on any atom is -0.245 e. The van der Waals surface area contributed by atoms with E-state index in [4.69, 9.17) is 0 Å². The van der Waals surface area contributed by atoms with Crippen LogP contribution in [0.2, 0.25) is 0 Å². The minimum absolute atomic E-state index is 1.05. The van der Waals surface area contributed by atoms with Crippen molar-refractivity contribution >= 4 is 55.0 Å². The van der Waals surface area contributed by atoms with Crippen LogP contribution in [0.25, 0.3) is 86.8 Å². The van der Waals surface area contributed by atoms with Crippen molar-refractivity contribution in [3.63, 3.8) is 0 Å². The van der Waals surface area contributed by atoms with Gasteiger partial charge in [0, 0.05) is 34.3 Å².